The highest BCUT2D eigenvalue weighted by molar-refractivity contribution is 6.30. The predicted molar refractivity (Wildman–Crippen MR) is 142 cm³/mol. The molecule has 1 aliphatic heterocycles. The number of nitrogens with zero attached hydrogens (tertiary/aromatic N) is 1. The molecule has 4 rings (SSSR count). The monoisotopic (exact) mass is 474 g/mol. The van der Waals surface area contributed by atoms with E-state index in [9.17, 15) is 4.79 Å². The van der Waals surface area contributed by atoms with Crippen molar-refractivity contribution >= 4 is 17.5 Å². The van der Waals surface area contributed by atoms with Crippen LogP contribution in [0.1, 0.15) is 51.9 Å². The molecule has 0 spiro atoms. The molecule has 3 nitrogen and oxygen atoms in total. The molecule has 178 valence electrons. The number of rotatable bonds is 8. The van der Waals surface area contributed by atoms with E-state index in [2.05, 4.69) is 66.5 Å². The number of amides is 1. The van der Waals surface area contributed by atoms with E-state index in [1.54, 1.807) is 0 Å². The van der Waals surface area contributed by atoms with Gasteiger partial charge in [0.2, 0.25) is 0 Å². The molecule has 3 aromatic carbocycles. The molecule has 1 aliphatic rings. The molecule has 2 atom stereocenters. The second kappa shape index (κ2) is 11.7. The quantitative estimate of drug-likeness (QED) is 0.383. The van der Waals surface area contributed by atoms with E-state index in [-0.39, 0.29) is 11.9 Å². The standard InChI is InChI=1S/C30H35ClN2O/c1-22-16-23(2)18-26(17-22)30(34)33-15-13-28(21-29(33)20-25-8-4-3-5-9-25)32-14-7-11-24-10-6-12-27(31)19-24/h3-6,8-10,12,16-19,28-29,32H,7,11,13-15,20-21H2,1-2H3/t28-,29-/m0/s1. The Hall–Kier alpha value is -2.62. The first-order valence-electron chi connectivity index (χ1n) is 12.4. The Morgan fingerprint density at radius 3 is 2.44 bits per heavy atom. The number of aryl methyl sites for hydroxylation is 3. The van der Waals surface area contributed by atoms with Crippen LogP contribution < -0.4 is 5.32 Å². The third-order valence-corrected chi connectivity index (χ3v) is 6.96. The highest BCUT2D eigenvalue weighted by atomic mass is 35.5. The third kappa shape index (κ3) is 6.71. The Bertz CT molecular complexity index is 1080. The van der Waals surface area contributed by atoms with Crippen molar-refractivity contribution < 1.29 is 4.79 Å². The van der Waals surface area contributed by atoms with Gasteiger partial charge in [-0.3, -0.25) is 4.79 Å². The van der Waals surface area contributed by atoms with Crippen LogP contribution in [0.2, 0.25) is 5.02 Å². The van der Waals surface area contributed by atoms with Gasteiger partial charge in [0.25, 0.3) is 5.91 Å². The number of carbonyl (C=O) groups excluding carboxylic acids is 1. The van der Waals surface area contributed by atoms with Gasteiger partial charge in [0.1, 0.15) is 0 Å². The number of hydrogen-bond acceptors (Lipinski definition) is 2. The SMILES string of the molecule is Cc1cc(C)cc(C(=O)N2CC[C@H](NCCCc3cccc(Cl)c3)C[C@@H]2Cc2ccccc2)c1. The highest BCUT2D eigenvalue weighted by Crippen LogP contribution is 2.24. The summed E-state index contributed by atoms with van der Waals surface area (Å²) in [5.41, 5.74) is 5.65. The number of likely N-dealkylation sites (tertiary alicyclic amines) is 1. The van der Waals surface area contributed by atoms with Crippen molar-refractivity contribution in [2.75, 3.05) is 13.1 Å². The largest absolute Gasteiger partial charge is 0.335 e. The summed E-state index contributed by atoms with van der Waals surface area (Å²) in [6.07, 6.45) is 4.94. The van der Waals surface area contributed by atoms with E-state index in [1.165, 1.54) is 11.1 Å². The van der Waals surface area contributed by atoms with Gasteiger partial charge in [-0.05, 0) is 87.9 Å². The van der Waals surface area contributed by atoms with Crippen molar-refractivity contribution in [2.24, 2.45) is 0 Å². The van der Waals surface area contributed by atoms with Crippen molar-refractivity contribution in [3.8, 4) is 0 Å². The number of nitrogens with one attached hydrogen (secondary N) is 1. The maximum Gasteiger partial charge on any atom is 0.254 e. The van der Waals surface area contributed by atoms with Crippen LogP contribution in [0.15, 0.2) is 72.8 Å². The summed E-state index contributed by atoms with van der Waals surface area (Å²) < 4.78 is 0. The van der Waals surface area contributed by atoms with Gasteiger partial charge < -0.3 is 10.2 Å². The fourth-order valence-corrected chi connectivity index (χ4v) is 5.35. The lowest BCUT2D eigenvalue weighted by Crippen LogP contribution is -2.52. The summed E-state index contributed by atoms with van der Waals surface area (Å²) in [7, 11) is 0. The lowest BCUT2D eigenvalue weighted by atomic mass is 9.91. The van der Waals surface area contributed by atoms with Crippen LogP contribution in [0, 0.1) is 13.8 Å². The first-order valence-corrected chi connectivity index (χ1v) is 12.8. The Morgan fingerprint density at radius 1 is 0.971 bits per heavy atom. The minimum atomic E-state index is 0.159. The zero-order chi connectivity index (χ0) is 23.9. The second-order valence-electron chi connectivity index (χ2n) is 9.63. The minimum Gasteiger partial charge on any atom is -0.335 e. The van der Waals surface area contributed by atoms with Crippen molar-refractivity contribution in [3.05, 3.63) is 106 Å². The minimum absolute atomic E-state index is 0.159. The summed E-state index contributed by atoms with van der Waals surface area (Å²) in [6, 6.07) is 25.5. The van der Waals surface area contributed by atoms with Crippen LogP contribution in [0.3, 0.4) is 0 Å². The van der Waals surface area contributed by atoms with E-state index in [1.807, 2.05) is 30.3 Å². The van der Waals surface area contributed by atoms with Crippen molar-refractivity contribution in [2.45, 2.75) is 58.0 Å². The van der Waals surface area contributed by atoms with Crippen molar-refractivity contribution in [3.63, 3.8) is 0 Å². The molecule has 34 heavy (non-hydrogen) atoms. The Balaban J connectivity index is 1.40. The molecule has 0 saturated carbocycles. The maximum atomic E-state index is 13.6. The number of benzene rings is 3. The molecular weight excluding hydrogens is 440 g/mol. The first kappa shape index (κ1) is 24.5. The van der Waals surface area contributed by atoms with Gasteiger partial charge in [-0.1, -0.05) is 71.3 Å². The van der Waals surface area contributed by atoms with Crippen molar-refractivity contribution in [1.29, 1.82) is 0 Å². The van der Waals surface area contributed by atoms with E-state index in [4.69, 9.17) is 11.6 Å². The molecule has 0 unspecified atom stereocenters. The number of carbonyl (C=O) groups is 1. The van der Waals surface area contributed by atoms with Crippen molar-refractivity contribution in [1.82, 2.24) is 10.2 Å². The van der Waals surface area contributed by atoms with E-state index in [0.29, 0.717) is 6.04 Å². The Labute approximate surface area is 209 Å². The Morgan fingerprint density at radius 2 is 1.71 bits per heavy atom. The van der Waals surface area contributed by atoms with E-state index in [0.717, 1.165) is 66.9 Å². The van der Waals surface area contributed by atoms with Gasteiger partial charge in [0, 0.05) is 29.2 Å². The lowest BCUT2D eigenvalue weighted by Gasteiger charge is -2.40. The smallest absolute Gasteiger partial charge is 0.254 e. The highest BCUT2D eigenvalue weighted by Gasteiger charge is 2.32. The zero-order valence-electron chi connectivity index (χ0n) is 20.3. The predicted octanol–water partition coefficient (Wildman–Crippen LogP) is 6.40. The molecule has 0 aliphatic carbocycles. The number of hydrogen-bond donors (Lipinski definition) is 1. The molecule has 4 heteroatoms. The topological polar surface area (TPSA) is 32.3 Å². The fourth-order valence-electron chi connectivity index (χ4n) is 5.14. The molecule has 1 N–H and O–H groups in total. The van der Waals surface area contributed by atoms with Gasteiger partial charge in [0.05, 0.1) is 0 Å². The average molecular weight is 475 g/mol. The second-order valence-corrected chi connectivity index (χ2v) is 10.1. The molecular formula is C30H35ClN2O. The summed E-state index contributed by atoms with van der Waals surface area (Å²) in [5, 5.41) is 4.57. The summed E-state index contributed by atoms with van der Waals surface area (Å²) >= 11 is 6.11. The van der Waals surface area contributed by atoms with Gasteiger partial charge in [-0.25, -0.2) is 0 Å². The summed E-state index contributed by atoms with van der Waals surface area (Å²) in [4.78, 5) is 15.7. The maximum absolute atomic E-state index is 13.6. The van der Waals surface area contributed by atoms with Crippen LogP contribution >= 0.6 is 11.6 Å². The average Bonchev–Trinajstić information content (AvgIpc) is 2.82. The zero-order valence-corrected chi connectivity index (χ0v) is 21.0. The van der Waals surface area contributed by atoms with Gasteiger partial charge in [0.15, 0.2) is 0 Å². The van der Waals surface area contributed by atoms with E-state index >= 15 is 0 Å². The van der Waals surface area contributed by atoms with Crippen LogP contribution in [0.25, 0.3) is 0 Å². The summed E-state index contributed by atoms with van der Waals surface area (Å²) in [5.74, 6) is 0.159. The van der Waals surface area contributed by atoms with Gasteiger partial charge >= 0.3 is 0 Å². The van der Waals surface area contributed by atoms with Crippen LogP contribution in [0.4, 0.5) is 0 Å². The number of piperidine rings is 1. The van der Waals surface area contributed by atoms with Crippen LogP contribution in [0.5, 0.6) is 0 Å². The molecule has 1 amide bonds. The molecule has 1 saturated heterocycles. The van der Waals surface area contributed by atoms with Crippen LogP contribution in [-0.2, 0) is 12.8 Å². The van der Waals surface area contributed by atoms with Crippen LogP contribution in [-0.4, -0.2) is 36.0 Å². The first-order chi connectivity index (χ1) is 16.5. The van der Waals surface area contributed by atoms with Gasteiger partial charge in [-0.2, -0.15) is 0 Å². The summed E-state index contributed by atoms with van der Waals surface area (Å²) in [6.45, 7) is 5.88. The molecule has 3 aromatic rings. The number of halogens is 1. The molecule has 0 radical (unpaired) electrons. The molecule has 0 aromatic heterocycles. The normalized spacial score (nSPS) is 18.1. The Kier molecular flexibility index (Phi) is 8.42. The third-order valence-electron chi connectivity index (χ3n) is 6.72. The molecule has 0 bridgehead atoms. The van der Waals surface area contributed by atoms with E-state index < -0.39 is 0 Å². The lowest BCUT2D eigenvalue weighted by molar-refractivity contribution is 0.0577. The molecule has 1 fully saturated rings. The fraction of sp³-hybridized carbons (Fsp3) is 0.367. The van der Waals surface area contributed by atoms with Gasteiger partial charge in [-0.15, -0.1) is 0 Å². The molecule has 1 heterocycles.